The molecule has 7 atom stereocenters. The third-order valence-corrected chi connectivity index (χ3v) is 9.33. The standard InChI is InChI=1S/C28H35BrN6O5/c1-5-12-32(4)25(37)21-22-26(38)35(17(7-3)15-36)24(28(22)14-18(29)23(21)40-28)27(39)33(13-6-2)16-34-20-11-9-8-10-19(20)30-31-34/h5-6,8-11,17-18,21-24,36H,1-2,7,12-16H2,3-4H3/t17-,18?,21+,22-,23+,24?,28?/m0/s1. The van der Waals surface area contributed by atoms with Crippen LogP contribution in [0.1, 0.15) is 19.8 Å². The molecule has 3 fully saturated rings. The van der Waals surface area contributed by atoms with E-state index in [1.165, 1.54) is 9.80 Å². The molecule has 4 heterocycles. The summed E-state index contributed by atoms with van der Waals surface area (Å²) in [5.41, 5.74) is 0.228. The maximum Gasteiger partial charge on any atom is 0.250 e. The SMILES string of the molecule is C=CCN(C)C(=O)[C@H]1[C@@H]2OC3(CC2Br)C(C(=O)N(CC=C)Cn2nnc4ccccc42)N([C@@H](CC)CO)C(=O)[C@H]13. The molecule has 1 aromatic carbocycles. The number of alkyl halides is 1. The van der Waals surface area contributed by atoms with E-state index in [0.717, 1.165) is 5.52 Å². The molecule has 3 amide bonds. The zero-order chi connectivity index (χ0) is 28.8. The Bertz CT molecular complexity index is 1330. The number of amides is 3. The summed E-state index contributed by atoms with van der Waals surface area (Å²) >= 11 is 3.70. The number of halogens is 1. The van der Waals surface area contributed by atoms with Crippen LogP contribution in [0, 0.1) is 11.8 Å². The number of hydrogen-bond acceptors (Lipinski definition) is 7. The molecule has 2 bridgehead atoms. The van der Waals surface area contributed by atoms with Gasteiger partial charge in [-0.1, -0.05) is 52.4 Å². The molecule has 3 aliphatic rings. The zero-order valence-electron chi connectivity index (χ0n) is 22.7. The lowest BCUT2D eigenvalue weighted by molar-refractivity contribution is -0.152. The average molecular weight is 616 g/mol. The van der Waals surface area contributed by atoms with Gasteiger partial charge in [-0.05, 0) is 25.0 Å². The van der Waals surface area contributed by atoms with Crippen LogP contribution in [0.15, 0.2) is 49.6 Å². The molecule has 0 aliphatic carbocycles. The Morgan fingerprint density at radius 1 is 1.27 bits per heavy atom. The number of likely N-dealkylation sites (N-methyl/N-ethyl adjacent to an activating group) is 1. The summed E-state index contributed by atoms with van der Waals surface area (Å²) in [5.74, 6) is -2.53. The first-order chi connectivity index (χ1) is 19.2. The number of fused-ring (bicyclic) bond motifs is 2. The summed E-state index contributed by atoms with van der Waals surface area (Å²) in [6.07, 6.45) is 3.49. The van der Waals surface area contributed by atoms with Gasteiger partial charge in [-0.2, -0.15) is 0 Å². The van der Waals surface area contributed by atoms with E-state index in [0.29, 0.717) is 24.9 Å². The van der Waals surface area contributed by atoms with Crippen molar-refractivity contribution in [3.8, 4) is 0 Å². The number of para-hydroxylation sites is 1. The summed E-state index contributed by atoms with van der Waals surface area (Å²) in [6, 6.07) is 5.80. The van der Waals surface area contributed by atoms with Crippen LogP contribution < -0.4 is 0 Å². The number of carbonyl (C=O) groups excluding carboxylic acids is 3. The van der Waals surface area contributed by atoms with Gasteiger partial charge in [-0.25, -0.2) is 4.68 Å². The maximum absolute atomic E-state index is 14.6. The van der Waals surface area contributed by atoms with E-state index in [1.807, 2.05) is 31.2 Å². The second kappa shape index (κ2) is 11.1. The second-order valence-corrected chi connectivity index (χ2v) is 11.9. The van der Waals surface area contributed by atoms with Gasteiger partial charge in [0.15, 0.2) is 0 Å². The Balaban J connectivity index is 1.57. The lowest BCUT2D eigenvalue weighted by Crippen LogP contribution is -2.59. The topological polar surface area (TPSA) is 121 Å². The number of benzene rings is 1. The van der Waals surface area contributed by atoms with E-state index in [9.17, 15) is 19.5 Å². The highest BCUT2D eigenvalue weighted by Gasteiger charge is 2.77. The molecule has 12 heteroatoms. The molecule has 1 spiro atoms. The molecular weight excluding hydrogens is 580 g/mol. The number of aromatic nitrogens is 3. The van der Waals surface area contributed by atoms with E-state index in [1.54, 1.807) is 28.8 Å². The molecular formula is C28H35BrN6O5. The van der Waals surface area contributed by atoms with Gasteiger partial charge in [0.2, 0.25) is 17.7 Å². The summed E-state index contributed by atoms with van der Waals surface area (Å²) < 4.78 is 8.23. The van der Waals surface area contributed by atoms with Crippen molar-refractivity contribution in [3.63, 3.8) is 0 Å². The van der Waals surface area contributed by atoms with E-state index >= 15 is 0 Å². The molecule has 0 radical (unpaired) electrons. The van der Waals surface area contributed by atoms with Gasteiger partial charge in [0.25, 0.3) is 0 Å². The number of hydrogen-bond donors (Lipinski definition) is 1. The molecule has 1 N–H and O–H groups in total. The fraction of sp³-hybridized carbons (Fsp3) is 0.536. The van der Waals surface area contributed by atoms with Crippen molar-refractivity contribution in [3.05, 3.63) is 49.6 Å². The predicted octanol–water partition coefficient (Wildman–Crippen LogP) is 1.57. The molecule has 3 aliphatic heterocycles. The van der Waals surface area contributed by atoms with Gasteiger partial charge in [-0.15, -0.1) is 18.3 Å². The Labute approximate surface area is 241 Å². The second-order valence-electron chi connectivity index (χ2n) is 10.7. The lowest BCUT2D eigenvalue weighted by atomic mass is 9.70. The molecule has 1 aromatic heterocycles. The predicted molar refractivity (Wildman–Crippen MR) is 151 cm³/mol. The molecule has 40 heavy (non-hydrogen) atoms. The quantitative estimate of drug-likeness (QED) is 0.301. The Morgan fingerprint density at radius 2 is 2.00 bits per heavy atom. The molecule has 3 saturated heterocycles. The largest absolute Gasteiger partial charge is 0.394 e. The van der Waals surface area contributed by atoms with Gasteiger partial charge >= 0.3 is 0 Å². The third kappa shape index (κ3) is 4.27. The summed E-state index contributed by atoms with van der Waals surface area (Å²) in [5, 5.41) is 18.7. The van der Waals surface area contributed by atoms with Gasteiger partial charge in [0, 0.05) is 25.0 Å². The first-order valence-electron chi connectivity index (χ1n) is 13.5. The van der Waals surface area contributed by atoms with Crippen LogP contribution in [0.5, 0.6) is 0 Å². The number of aliphatic hydroxyl groups excluding tert-OH is 1. The van der Waals surface area contributed by atoms with Crippen molar-refractivity contribution in [2.24, 2.45) is 11.8 Å². The van der Waals surface area contributed by atoms with Crippen LogP contribution in [0.2, 0.25) is 0 Å². The number of likely N-dealkylation sites (tertiary alicyclic amines) is 1. The first-order valence-corrected chi connectivity index (χ1v) is 14.4. The summed E-state index contributed by atoms with van der Waals surface area (Å²) in [4.78, 5) is 46.8. The van der Waals surface area contributed by atoms with Crippen molar-refractivity contribution in [2.45, 2.75) is 55.0 Å². The molecule has 5 rings (SSSR count). The molecule has 11 nitrogen and oxygen atoms in total. The number of nitrogens with zero attached hydrogens (tertiary/aromatic N) is 6. The van der Waals surface area contributed by atoms with Crippen LogP contribution in [-0.4, -0.2) is 108 Å². The van der Waals surface area contributed by atoms with Crippen molar-refractivity contribution >= 4 is 44.7 Å². The fourth-order valence-corrected chi connectivity index (χ4v) is 7.65. The molecule has 0 saturated carbocycles. The van der Waals surface area contributed by atoms with E-state index in [2.05, 4.69) is 39.4 Å². The van der Waals surface area contributed by atoms with Gasteiger partial charge < -0.3 is 24.5 Å². The summed E-state index contributed by atoms with van der Waals surface area (Å²) in [6.45, 7) is 9.69. The highest BCUT2D eigenvalue weighted by atomic mass is 79.9. The minimum atomic E-state index is -1.23. The highest BCUT2D eigenvalue weighted by molar-refractivity contribution is 9.09. The van der Waals surface area contributed by atoms with Crippen LogP contribution in [0.3, 0.4) is 0 Å². The van der Waals surface area contributed by atoms with Crippen LogP contribution >= 0.6 is 15.9 Å². The number of aliphatic hydroxyl groups is 1. The van der Waals surface area contributed by atoms with E-state index in [4.69, 9.17) is 4.74 Å². The minimum absolute atomic E-state index is 0.0756. The third-order valence-electron chi connectivity index (χ3n) is 8.49. The first kappa shape index (κ1) is 28.4. The Morgan fingerprint density at radius 3 is 2.67 bits per heavy atom. The lowest BCUT2D eigenvalue weighted by Gasteiger charge is -2.39. The smallest absolute Gasteiger partial charge is 0.250 e. The zero-order valence-corrected chi connectivity index (χ0v) is 24.3. The maximum atomic E-state index is 14.6. The molecule has 3 unspecified atom stereocenters. The van der Waals surface area contributed by atoms with Gasteiger partial charge in [0.1, 0.15) is 23.8 Å². The van der Waals surface area contributed by atoms with Crippen molar-refractivity contribution in [1.82, 2.24) is 29.7 Å². The number of carbonyl (C=O) groups is 3. The van der Waals surface area contributed by atoms with Crippen molar-refractivity contribution in [1.29, 1.82) is 0 Å². The Hall–Kier alpha value is -3.09. The van der Waals surface area contributed by atoms with Crippen LogP contribution in [0.4, 0.5) is 0 Å². The monoisotopic (exact) mass is 614 g/mol. The highest BCUT2D eigenvalue weighted by Crippen LogP contribution is 2.60. The van der Waals surface area contributed by atoms with Gasteiger partial charge in [-0.3, -0.25) is 14.4 Å². The van der Waals surface area contributed by atoms with E-state index < -0.39 is 35.6 Å². The normalized spacial score (nSPS) is 29.4. The van der Waals surface area contributed by atoms with Gasteiger partial charge in [0.05, 0.1) is 36.1 Å². The van der Waals surface area contributed by atoms with Crippen molar-refractivity contribution in [2.75, 3.05) is 26.7 Å². The van der Waals surface area contributed by atoms with Crippen LogP contribution in [0.25, 0.3) is 11.0 Å². The minimum Gasteiger partial charge on any atom is -0.394 e. The fourth-order valence-electron chi connectivity index (χ4n) is 6.70. The Kier molecular flexibility index (Phi) is 7.86. The number of ether oxygens (including phenoxy) is 1. The average Bonchev–Trinajstić information content (AvgIpc) is 3.66. The summed E-state index contributed by atoms with van der Waals surface area (Å²) in [7, 11) is 1.67. The van der Waals surface area contributed by atoms with E-state index in [-0.39, 0.29) is 42.4 Å². The van der Waals surface area contributed by atoms with Crippen molar-refractivity contribution < 1.29 is 24.2 Å². The molecule has 214 valence electrons. The number of rotatable bonds is 11. The van der Waals surface area contributed by atoms with Crippen LogP contribution in [-0.2, 0) is 25.8 Å². The molecule has 2 aromatic rings.